The highest BCUT2D eigenvalue weighted by molar-refractivity contribution is 6.28. The van der Waals surface area contributed by atoms with Crippen LogP contribution in [-0.2, 0) is 6.54 Å². The highest BCUT2D eigenvalue weighted by atomic mass is 16.3. The Morgan fingerprint density at radius 3 is 1.60 bits per heavy atom. The van der Waals surface area contributed by atoms with Gasteiger partial charge in [0.15, 0.2) is 5.58 Å². The Morgan fingerprint density at radius 1 is 0.384 bits per heavy atom. The van der Waals surface area contributed by atoms with E-state index in [0.717, 1.165) is 99.7 Å². The van der Waals surface area contributed by atoms with E-state index in [1.165, 1.54) is 44.2 Å². The monoisotopic (exact) mass is 940 g/mol. The normalized spacial score (nSPS) is 11.7. The maximum absolute atomic E-state index is 12.6. The van der Waals surface area contributed by atoms with Gasteiger partial charge in [0.1, 0.15) is 11.3 Å². The van der Waals surface area contributed by atoms with Gasteiger partial charge in [-0.2, -0.15) is 0 Å². The van der Waals surface area contributed by atoms with Gasteiger partial charge in [0, 0.05) is 50.6 Å². The number of rotatable bonds is 10. The summed E-state index contributed by atoms with van der Waals surface area (Å²) < 4.78 is 7.18. The van der Waals surface area contributed by atoms with E-state index < -0.39 is 0 Å². The van der Waals surface area contributed by atoms with Crippen LogP contribution in [0, 0.1) is 27.7 Å². The number of hydrogen-bond acceptors (Lipinski definition) is 4. The van der Waals surface area contributed by atoms with E-state index in [-0.39, 0.29) is 5.75 Å². The van der Waals surface area contributed by atoms with Crippen LogP contribution >= 0.6 is 0 Å². The topological polar surface area (TPSA) is 39.9 Å². The van der Waals surface area contributed by atoms with Crippen molar-refractivity contribution in [3.63, 3.8) is 0 Å². The third-order valence-corrected chi connectivity index (χ3v) is 15.1. The number of phenolic OH excluding ortho intramolecular Hbond substituents is 1. The van der Waals surface area contributed by atoms with E-state index in [1.54, 1.807) is 0 Å². The Labute approximate surface area is 425 Å². The Morgan fingerprint density at radius 2 is 0.904 bits per heavy atom. The van der Waals surface area contributed by atoms with Crippen LogP contribution in [-0.4, -0.2) is 5.11 Å². The van der Waals surface area contributed by atoms with Crippen molar-refractivity contribution in [2.75, 3.05) is 9.80 Å². The number of aromatic hydroxyl groups is 1. The summed E-state index contributed by atoms with van der Waals surface area (Å²) in [5.41, 5.74) is 19.0. The van der Waals surface area contributed by atoms with Crippen molar-refractivity contribution in [2.45, 2.75) is 34.2 Å². The predicted octanol–water partition coefficient (Wildman–Crippen LogP) is 19.2. The number of aryl methyl sites for hydroxylation is 4. The molecule has 1 aromatic heterocycles. The summed E-state index contributed by atoms with van der Waals surface area (Å²) in [5.74, 6) is 0.240. The van der Waals surface area contributed by atoms with Crippen LogP contribution < -0.4 is 9.80 Å². The van der Waals surface area contributed by atoms with Crippen LogP contribution in [0.25, 0.3) is 87.6 Å². The lowest BCUT2D eigenvalue weighted by atomic mass is 9.91. The Hall–Kier alpha value is -9.12. The van der Waals surface area contributed by atoms with Gasteiger partial charge in [0.25, 0.3) is 0 Å². The zero-order valence-electron chi connectivity index (χ0n) is 41.3. The fraction of sp³-hybridized carbons (Fsp3) is 0.0725. The number of para-hydroxylation sites is 4. The van der Waals surface area contributed by atoms with Crippen molar-refractivity contribution < 1.29 is 9.52 Å². The lowest BCUT2D eigenvalue weighted by Crippen LogP contribution is -2.17. The van der Waals surface area contributed by atoms with E-state index in [4.69, 9.17) is 4.42 Å². The van der Waals surface area contributed by atoms with Crippen molar-refractivity contribution in [1.29, 1.82) is 0 Å². The van der Waals surface area contributed by atoms with E-state index >= 15 is 0 Å². The second-order valence-electron chi connectivity index (χ2n) is 19.6. The van der Waals surface area contributed by atoms with Crippen LogP contribution in [0.2, 0.25) is 0 Å². The first-order valence-corrected chi connectivity index (χ1v) is 25.2. The third kappa shape index (κ3) is 7.28. The van der Waals surface area contributed by atoms with E-state index in [9.17, 15) is 5.11 Å². The number of benzene rings is 12. The standard InChI is InChI=1S/C69H52N2O2/c1-43-17-11-18-44(2)63(43)51-24-13-23-50(41-51)53-27-15-31-61(67(53)72)70(42-47-21-7-5-8-22-47)59-39-35-48-34-38-57-60(40-36-49-33-37-56(59)65(48)66(49)57)71(52-25-9-6-10-26-52)62-32-16-29-55-54-28-14-30-58(68(54)73-69(55)62)64-45(3)19-12-20-46(64)4/h5-41,72H,42H2,1-4H3. The van der Waals surface area contributed by atoms with Gasteiger partial charge in [-0.25, -0.2) is 0 Å². The summed E-state index contributed by atoms with van der Waals surface area (Å²) in [4.78, 5) is 4.67. The number of anilines is 5. The fourth-order valence-corrected chi connectivity index (χ4v) is 11.8. The van der Waals surface area contributed by atoms with Crippen molar-refractivity contribution in [3.8, 4) is 39.1 Å². The van der Waals surface area contributed by atoms with Crippen molar-refractivity contribution >= 4 is 82.7 Å². The smallest absolute Gasteiger partial charge is 0.159 e. The second-order valence-corrected chi connectivity index (χ2v) is 19.6. The van der Waals surface area contributed by atoms with Crippen LogP contribution in [0.4, 0.5) is 28.4 Å². The molecule has 0 aliphatic carbocycles. The summed E-state index contributed by atoms with van der Waals surface area (Å²) in [6.45, 7) is 9.23. The molecule has 12 aromatic carbocycles. The van der Waals surface area contributed by atoms with Crippen LogP contribution in [0.1, 0.15) is 27.8 Å². The molecule has 0 aliphatic rings. The summed E-state index contributed by atoms with van der Waals surface area (Å²) in [6, 6.07) is 80.0. The highest BCUT2D eigenvalue weighted by Crippen LogP contribution is 2.50. The zero-order valence-corrected chi connectivity index (χ0v) is 41.3. The van der Waals surface area contributed by atoms with Gasteiger partial charge in [-0.15, -0.1) is 0 Å². The summed E-state index contributed by atoms with van der Waals surface area (Å²) in [7, 11) is 0. The first-order valence-electron chi connectivity index (χ1n) is 25.2. The molecule has 0 amide bonds. The third-order valence-electron chi connectivity index (χ3n) is 15.1. The van der Waals surface area contributed by atoms with Crippen molar-refractivity contribution in [3.05, 3.63) is 252 Å². The molecule has 4 nitrogen and oxygen atoms in total. The van der Waals surface area contributed by atoms with Gasteiger partial charge in [-0.05, 0) is 142 Å². The van der Waals surface area contributed by atoms with Crippen molar-refractivity contribution in [1.82, 2.24) is 0 Å². The van der Waals surface area contributed by atoms with Crippen molar-refractivity contribution in [2.24, 2.45) is 0 Å². The van der Waals surface area contributed by atoms with E-state index in [1.807, 2.05) is 6.07 Å². The SMILES string of the molecule is Cc1cccc(C)c1-c1cccc(-c2cccc(N(Cc3ccccc3)c3ccc4ccc5c(N(c6ccccc6)c6cccc7c6oc6c(-c8c(C)cccc8C)cccc67)ccc6ccc3c4c65)c2O)c1. The number of nitrogens with zero attached hydrogens (tertiary/aromatic N) is 2. The quantitative estimate of drug-likeness (QED) is 0.139. The van der Waals surface area contributed by atoms with Gasteiger partial charge < -0.3 is 19.3 Å². The minimum atomic E-state index is 0.240. The minimum Gasteiger partial charge on any atom is -0.505 e. The lowest BCUT2D eigenvalue weighted by Gasteiger charge is -2.30. The molecule has 13 rings (SSSR count). The average Bonchev–Trinajstić information content (AvgIpc) is 3.81. The van der Waals surface area contributed by atoms with E-state index in [2.05, 4.69) is 256 Å². The highest BCUT2D eigenvalue weighted by Gasteiger charge is 2.26. The lowest BCUT2D eigenvalue weighted by molar-refractivity contribution is 0.477. The largest absolute Gasteiger partial charge is 0.505 e. The molecule has 0 aliphatic heterocycles. The van der Waals surface area contributed by atoms with Crippen LogP contribution in [0.5, 0.6) is 5.75 Å². The molecule has 0 radical (unpaired) electrons. The van der Waals surface area contributed by atoms with Crippen LogP contribution in [0.3, 0.4) is 0 Å². The molecular formula is C69H52N2O2. The molecule has 0 saturated carbocycles. The number of furan rings is 1. The molecule has 0 unspecified atom stereocenters. The molecule has 1 N–H and O–H groups in total. The van der Waals surface area contributed by atoms with Crippen LogP contribution in [0.15, 0.2) is 229 Å². The summed E-state index contributed by atoms with van der Waals surface area (Å²) in [5, 5.41) is 21.7. The number of fused-ring (bicyclic) bond motifs is 3. The first-order chi connectivity index (χ1) is 35.8. The Balaban J connectivity index is 1.00. The second kappa shape index (κ2) is 17.6. The maximum atomic E-state index is 12.6. The molecule has 73 heavy (non-hydrogen) atoms. The molecule has 0 bridgehead atoms. The van der Waals surface area contributed by atoms with Gasteiger partial charge >= 0.3 is 0 Å². The molecule has 350 valence electrons. The molecule has 4 heteroatoms. The number of hydrogen-bond donors (Lipinski definition) is 1. The molecule has 0 fully saturated rings. The van der Waals surface area contributed by atoms with Gasteiger partial charge in [0.05, 0.1) is 17.1 Å². The van der Waals surface area contributed by atoms with E-state index in [0.29, 0.717) is 6.54 Å². The average molecular weight is 941 g/mol. The molecule has 0 atom stereocenters. The molecular weight excluding hydrogens is 889 g/mol. The predicted molar refractivity (Wildman–Crippen MR) is 308 cm³/mol. The zero-order chi connectivity index (χ0) is 49.3. The summed E-state index contributed by atoms with van der Waals surface area (Å²) >= 11 is 0. The first kappa shape index (κ1) is 43.9. The van der Waals surface area contributed by atoms with Gasteiger partial charge in [-0.3, -0.25) is 0 Å². The maximum Gasteiger partial charge on any atom is 0.159 e. The molecule has 0 spiro atoms. The Kier molecular flexibility index (Phi) is 10.6. The number of phenols is 1. The Bertz CT molecular complexity index is 4210. The van der Waals surface area contributed by atoms with Gasteiger partial charge in [-0.1, -0.05) is 182 Å². The minimum absolute atomic E-state index is 0.240. The molecule has 13 aromatic rings. The molecule has 0 saturated heterocycles. The summed E-state index contributed by atoms with van der Waals surface area (Å²) in [6.07, 6.45) is 0. The van der Waals surface area contributed by atoms with Gasteiger partial charge in [0.2, 0.25) is 0 Å². The fourth-order valence-electron chi connectivity index (χ4n) is 11.8. The molecule has 1 heterocycles.